The van der Waals surface area contributed by atoms with Gasteiger partial charge in [0, 0.05) is 31.1 Å². The molecule has 18 heavy (non-hydrogen) atoms. The summed E-state index contributed by atoms with van der Waals surface area (Å²) in [6, 6.07) is 5.57. The highest BCUT2D eigenvalue weighted by Crippen LogP contribution is 2.28. The van der Waals surface area contributed by atoms with Crippen molar-refractivity contribution in [1.29, 1.82) is 0 Å². The molecule has 2 rings (SSSR count). The lowest BCUT2D eigenvalue weighted by molar-refractivity contribution is -0.116. The standard InChI is InChI=1S/C14H18N2O2/c1-10(17)16-8-2-3-11-9-12(4-5-13(11)16)14(18)6-7-15/h4-5,9H,2-3,6-8,15H2,1H3. The number of hydrogen-bond acceptors (Lipinski definition) is 3. The Labute approximate surface area is 107 Å². The lowest BCUT2D eigenvalue weighted by atomic mass is 9.97. The Kier molecular flexibility index (Phi) is 3.77. The first-order valence-electron chi connectivity index (χ1n) is 6.28. The first-order valence-corrected chi connectivity index (χ1v) is 6.28. The molecule has 0 unspecified atom stereocenters. The van der Waals surface area contributed by atoms with Crippen molar-refractivity contribution in [1.82, 2.24) is 0 Å². The fraction of sp³-hybridized carbons (Fsp3) is 0.429. The van der Waals surface area contributed by atoms with Gasteiger partial charge in [-0.2, -0.15) is 0 Å². The third-order valence-corrected chi connectivity index (χ3v) is 3.27. The number of anilines is 1. The van der Waals surface area contributed by atoms with E-state index in [4.69, 9.17) is 5.73 Å². The number of ketones is 1. The Balaban J connectivity index is 2.32. The molecule has 0 aliphatic carbocycles. The molecule has 1 aliphatic heterocycles. The Morgan fingerprint density at radius 1 is 1.39 bits per heavy atom. The minimum absolute atomic E-state index is 0.0528. The largest absolute Gasteiger partial charge is 0.330 e. The zero-order chi connectivity index (χ0) is 13.1. The number of carbonyl (C=O) groups excluding carboxylic acids is 2. The first kappa shape index (κ1) is 12.8. The average molecular weight is 246 g/mol. The number of fused-ring (bicyclic) bond motifs is 1. The number of hydrogen-bond donors (Lipinski definition) is 1. The van der Waals surface area contributed by atoms with Gasteiger partial charge in [0.25, 0.3) is 0 Å². The Bertz CT molecular complexity index is 483. The predicted octanol–water partition coefficient (Wildman–Crippen LogP) is 1.52. The van der Waals surface area contributed by atoms with Crippen molar-refractivity contribution in [2.45, 2.75) is 26.2 Å². The second kappa shape index (κ2) is 5.31. The van der Waals surface area contributed by atoms with Crippen molar-refractivity contribution in [2.75, 3.05) is 18.0 Å². The number of nitrogens with two attached hydrogens (primary N) is 1. The predicted molar refractivity (Wildman–Crippen MR) is 70.8 cm³/mol. The van der Waals surface area contributed by atoms with E-state index in [0.717, 1.165) is 30.6 Å². The molecular formula is C14H18N2O2. The van der Waals surface area contributed by atoms with Gasteiger partial charge in [-0.1, -0.05) is 0 Å². The molecular weight excluding hydrogens is 228 g/mol. The fourth-order valence-electron chi connectivity index (χ4n) is 2.37. The van der Waals surface area contributed by atoms with Crippen molar-refractivity contribution in [3.63, 3.8) is 0 Å². The highest BCUT2D eigenvalue weighted by Gasteiger charge is 2.20. The topological polar surface area (TPSA) is 63.4 Å². The van der Waals surface area contributed by atoms with Gasteiger partial charge in [-0.15, -0.1) is 0 Å². The molecule has 4 heteroatoms. The Hall–Kier alpha value is -1.68. The summed E-state index contributed by atoms with van der Waals surface area (Å²) < 4.78 is 0. The number of amides is 1. The van der Waals surface area contributed by atoms with E-state index >= 15 is 0 Å². The van der Waals surface area contributed by atoms with E-state index < -0.39 is 0 Å². The van der Waals surface area contributed by atoms with Crippen LogP contribution in [0.15, 0.2) is 18.2 Å². The molecule has 0 spiro atoms. The first-order chi connectivity index (χ1) is 8.63. The van der Waals surface area contributed by atoms with Gasteiger partial charge in [0.1, 0.15) is 0 Å². The second-order valence-corrected chi connectivity index (χ2v) is 4.58. The van der Waals surface area contributed by atoms with E-state index in [-0.39, 0.29) is 11.7 Å². The van der Waals surface area contributed by atoms with Crippen molar-refractivity contribution >= 4 is 17.4 Å². The summed E-state index contributed by atoms with van der Waals surface area (Å²) in [7, 11) is 0. The number of aryl methyl sites for hydroxylation is 1. The van der Waals surface area contributed by atoms with Gasteiger partial charge < -0.3 is 10.6 Å². The minimum Gasteiger partial charge on any atom is -0.330 e. The highest BCUT2D eigenvalue weighted by molar-refractivity contribution is 5.98. The number of rotatable bonds is 3. The van der Waals surface area contributed by atoms with Crippen LogP contribution in [-0.2, 0) is 11.2 Å². The molecule has 1 aromatic rings. The van der Waals surface area contributed by atoms with Gasteiger partial charge in [0.05, 0.1) is 0 Å². The van der Waals surface area contributed by atoms with Gasteiger partial charge in [0.15, 0.2) is 5.78 Å². The van der Waals surface area contributed by atoms with Gasteiger partial charge >= 0.3 is 0 Å². The molecule has 0 saturated heterocycles. The molecule has 1 aromatic carbocycles. The van der Waals surface area contributed by atoms with Crippen LogP contribution in [0.3, 0.4) is 0 Å². The third-order valence-electron chi connectivity index (χ3n) is 3.27. The average Bonchev–Trinajstić information content (AvgIpc) is 2.37. The van der Waals surface area contributed by atoms with E-state index in [2.05, 4.69) is 0 Å². The summed E-state index contributed by atoms with van der Waals surface area (Å²) in [5, 5.41) is 0. The van der Waals surface area contributed by atoms with Crippen LogP contribution in [0.25, 0.3) is 0 Å². The van der Waals surface area contributed by atoms with Crippen molar-refractivity contribution in [2.24, 2.45) is 5.73 Å². The summed E-state index contributed by atoms with van der Waals surface area (Å²) >= 11 is 0. The maximum absolute atomic E-state index is 11.8. The van der Waals surface area contributed by atoms with Crippen LogP contribution in [-0.4, -0.2) is 24.8 Å². The molecule has 96 valence electrons. The maximum Gasteiger partial charge on any atom is 0.223 e. The van der Waals surface area contributed by atoms with Crippen LogP contribution in [0, 0.1) is 0 Å². The molecule has 0 atom stereocenters. The van der Waals surface area contributed by atoms with Crippen molar-refractivity contribution < 1.29 is 9.59 Å². The molecule has 1 aliphatic rings. The smallest absolute Gasteiger partial charge is 0.223 e. The van der Waals surface area contributed by atoms with E-state index in [1.165, 1.54) is 0 Å². The summed E-state index contributed by atoms with van der Waals surface area (Å²) in [5.74, 6) is 0.122. The van der Waals surface area contributed by atoms with Crippen molar-refractivity contribution in [3.05, 3.63) is 29.3 Å². The van der Waals surface area contributed by atoms with Gasteiger partial charge in [-0.25, -0.2) is 0 Å². The van der Waals surface area contributed by atoms with E-state index in [1.807, 2.05) is 12.1 Å². The Morgan fingerprint density at radius 2 is 2.17 bits per heavy atom. The minimum atomic E-state index is 0.0528. The van der Waals surface area contributed by atoms with Crippen molar-refractivity contribution in [3.8, 4) is 0 Å². The van der Waals surface area contributed by atoms with Crippen LogP contribution in [0.1, 0.15) is 35.7 Å². The zero-order valence-corrected chi connectivity index (χ0v) is 10.6. The molecule has 0 aromatic heterocycles. The lowest BCUT2D eigenvalue weighted by Gasteiger charge is -2.28. The fourth-order valence-corrected chi connectivity index (χ4v) is 2.37. The molecule has 2 N–H and O–H groups in total. The van der Waals surface area contributed by atoms with Gasteiger partial charge in [0.2, 0.25) is 5.91 Å². The summed E-state index contributed by atoms with van der Waals surface area (Å²) in [6.07, 6.45) is 2.24. The zero-order valence-electron chi connectivity index (χ0n) is 10.6. The normalized spacial score (nSPS) is 14.2. The number of benzene rings is 1. The molecule has 0 radical (unpaired) electrons. The maximum atomic E-state index is 11.8. The number of Topliss-reactive ketones (excluding diaryl/α,β-unsaturated/α-hetero) is 1. The van der Waals surface area contributed by atoms with Crippen LogP contribution < -0.4 is 10.6 Å². The van der Waals surface area contributed by atoms with E-state index in [9.17, 15) is 9.59 Å². The van der Waals surface area contributed by atoms with Gasteiger partial charge in [-0.3, -0.25) is 9.59 Å². The second-order valence-electron chi connectivity index (χ2n) is 4.58. The quantitative estimate of drug-likeness (QED) is 0.822. The van der Waals surface area contributed by atoms with E-state index in [0.29, 0.717) is 18.5 Å². The van der Waals surface area contributed by atoms with E-state index in [1.54, 1.807) is 17.9 Å². The monoisotopic (exact) mass is 246 g/mol. The summed E-state index contributed by atoms with van der Waals surface area (Å²) in [5.41, 5.74) is 8.12. The molecule has 0 saturated carbocycles. The third kappa shape index (κ3) is 2.43. The van der Waals surface area contributed by atoms with Crippen LogP contribution >= 0.6 is 0 Å². The molecule has 1 heterocycles. The van der Waals surface area contributed by atoms with Crippen LogP contribution in [0.2, 0.25) is 0 Å². The van der Waals surface area contributed by atoms with Crippen LogP contribution in [0.5, 0.6) is 0 Å². The number of carbonyl (C=O) groups is 2. The molecule has 4 nitrogen and oxygen atoms in total. The number of nitrogens with zero attached hydrogens (tertiary/aromatic N) is 1. The lowest BCUT2D eigenvalue weighted by Crippen LogP contribution is -2.33. The molecule has 0 fully saturated rings. The van der Waals surface area contributed by atoms with Gasteiger partial charge in [-0.05, 0) is 43.1 Å². The summed E-state index contributed by atoms with van der Waals surface area (Å²) in [4.78, 5) is 25.1. The summed E-state index contributed by atoms with van der Waals surface area (Å²) in [6.45, 7) is 2.70. The molecule has 1 amide bonds. The highest BCUT2D eigenvalue weighted by atomic mass is 16.2. The van der Waals surface area contributed by atoms with Crippen LogP contribution in [0.4, 0.5) is 5.69 Å². The SMILES string of the molecule is CC(=O)N1CCCc2cc(C(=O)CCN)ccc21. The molecule has 0 bridgehead atoms. The Morgan fingerprint density at radius 3 is 2.83 bits per heavy atom.